The number of anilines is 1. The first-order valence-electron chi connectivity index (χ1n) is 8.43. The van der Waals surface area contributed by atoms with Crippen molar-refractivity contribution in [3.63, 3.8) is 0 Å². The van der Waals surface area contributed by atoms with Crippen molar-refractivity contribution in [1.29, 1.82) is 0 Å². The molecule has 1 saturated heterocycles. The van der Waals surface area contributed by atoms with Gasteiger partial charge in [-0.1, -0.05) is 0 Å². The number of amides is 2. The molecule has 2 atom stereocenters. The van der Waals surface area contributed by atoms with Crippen LogP contribution in [0.4, 0.5) is 23.7 Å². The summed E-state index contributed by atoms with van der Waals surface area (Å²) < 4.78 is 45.8. The maximum atomic E-state index is 13.9. The van der Waals surface area contributed by atoms with E-state index >= 15 is 0 Å². The Morgan fingerprint density at radius 1 is 1.27 bits per heavy atom. The highest BCUT2D eigenvalue weighted by Gasteiger charge is 2.43. The molecule has 1 aliphatic heterocycles. The molecule has 0 spiro atoms. The van der Waals surface area contributed by atoms with Gasteiger partial charge in [0.2, 0.25) is 5.91 Å². The summed E-state index contributed by atoms with van der Waals surface area (Å²) in [5, 5.41) is 0. The summed E-state index contributed by atoms with van der Waals surface area (Å²) in [5.74, 6) is -2.69. The van der Waals surface area contributed by atoms with Gasteiger partial charge >= 0.3 is 6.09 Å². The minimum absolute atomic E-state index is 0.142. The average molecular weight is 372 g/mol. The SMILES string of the molecule is CCN(C(=O)[C@@H]1C[C@H](F)CN1C(=O)OC(C)(C)C)c1ccc(F)c(F)c1. The Morgan fingerprint density at radius 2 is 1.92 bits per heavy atom. The van der Waals surface area contributed by atoms with Crippen LogP contribution in [0.1, 0.15) is 34.1 Å². The first-order valence-corrected chi connectivity index (χ1v) is 8.43. The Morgan fingerprint density at radius 3 is 2.46 bits per heavy atom. The lowest BCUT2D eigenvalue weighted by atomic mass is 10.1. The highest BCUT2D eigenvalue weighted by molar-refractivity contribution is 5.99. The Balaban J connectivity index is 2.26. The van der Waals surface area contributed by atoms with Gasteiger partial charge in [-0.25, -0.2) is 18.0 Å². The topological polar surface area (TPSA) is 49.9 Å². The standard InChI is InChI=1S/C18H23F3N2O3/c1-5-22(12-6-7-13(20)14(21)9-12)16(24)15-8-11(19)10-23(15)17(25)26-18(2,3)4/h6-7,9,11,15H,5,8,10H2,1-4H3/t11-,15-/m0/s1. The van der Waals surface area contributed by atoms with Crippen LogP contribution in [0.2, 0.25) is 0 Å². The summed E-state index contributed by atoms with van der Waals surface area (Å²) >= 11 is 0. The first kappa shape index (κ1) is 20.1. The number of carbonyl (C=O) groups is 2. The van der Waals surface area contributed by atoms with Crippen LogP contribution in [-0.2, 0) is 9.53 Å². The van der Waals surface area contributed by atoms with E-state index in [1.165, 1.54) is 11.0 Å². The second kappa shape index (κ2) is 7.55. The third-order valence-electron chi connectivity index (χ3n) is 3.96. The molecule has 144 valence electrons. The summed E-state index contributed by atoms with van der Waals surface area (Å²) in [6, 6.07) is 2.02. The van der Waals surface area contributed by atoms with Crippen LogP contribution >= 0.6 is 0 Å². The van der Waals surface area contributed by atoms with Crippen molar-refractivity contribution in [1.82, 2.24) is 4.90 Å². The van der Waals surface area contributed by atoms with Crippen LogP contribution in [-0.4, -0.2) is 47.8 Å². The molecule has 26 heavy (non-hydrogen) atoms. The summed E-state index contributed by atoms with van der Waals surface area (Å²) in [4.78, 5) is 27.5. The summed E-state index contributed by atoms with van der Waals surface area (Å²) in [6.07, 6.45) is -2.31. The fourth-order valence-corrected chi connectivity index (χ4v) is 2.84. The second-order valence-corrected chi connectivity index (χ2v) is 7.16. The molecule has 1 heterocycles. The number of hydrogen-bond acceptors (Lipinski definition) is 3. The number of halogens is 3. The van der Waals surface area contributed by atoms with Crippen LogP contribution < -0.4 is 4.90 Å². The minimum Gasteiger partial charge on any atom is -0.444 e. The van der Waals surface area contributed by atoms with Crippen LogP contribution in [0, 0.1) is 11.6 Å². The van der Waals surface area contributed by atoms with Crippen LogP contribution in [0.25, 0.3) is 0 Å². The smallest absolute Gasteiger partial charge is 0.411 e. The van der Waals surface area contributed by atoms with E-state index in [1.807, 2.05) is 0 Å². The van der Waals surface area contributed by atoms with Crippen molar-refractivity contribution in [2.24, 2.45) is 0 Å². The average Bonchev–Trinajstić information content (AvgIpc) is 2.92. The van der Waals surface area contributed by atoms with Gasteiger partial charge in [0.15, 0.2) is 11.6 Å². The lowest BCUT2D eigenvalue weighted by Gasteiger charge is -2.31. The van der Waals surface area contributed by atoms with Crippen LogP contribution in [0.5, 0.6) is 0 Å². The van der Waals surface area contributed by atoms with E-state index in [2.05, 4.69) is 0 Å². The Hall–Kier alpha value is -2.25. The number of benzene rings is 1. The van der Waals surface area contributed by atoms with Crippen molar-refractivity contribution in [2.75, 3.05) is 18.0 Å². The zero-order valence-corrected chi connectivity index (χ0v) is 15.3. The molecule has 0 N–H and O–H groups in total. The molecule has 1 aliphatic rings. The molecular formula is C18H23F3N2O3. The fraction of sp³-hybridized carbons (Fsp3) is 0.556. The molecule has 1 aromatic carbocycles. The predicted molar refractivity (Wildman–Crippen MR) is 90.6 cm³/mol. The van der Waals surface area contributed by atoms with Gasteiger partial charge in [-0.2, -0.15) is 0 Å². The van der Waals surface area contributed by atoms with Crippen molar-refractivity contribution < 1.29 is 27.5 Å². The maximum Gasteiger partial charge on any atom is 0.411 e. The predicted octanol–water partition coefficient (Wildman–Crippen LogP) is 3.67. The third-order valence-corrected chi connectivity index (χ3v) is 3.96. The van der Waals surface area contributed by atoms with Gasteiger partial charge in [-0.3, -0.25) is 9.69 Å². The summed E-state index contributed by atoms with van der Waals surface area (Å²) in [5.41, 5.74) is -0.647. The number of alkyl halides is 1. The van der Waals surface area contributed by atoms with Crippen molar-refractivity contribution >= 4 is 17.7 Å². The normalized spacial score (nSPS) is 20.2. The largest absolute Gasteiger partial charge is 0.444 e. The van der Waals surface area contributed by atoms with E-state index in [9.17, 15) is 22.8 Å². The van der Waals surface area contributed by atoms with E-state index in [0.29, 0.717) is 0 Å². The number of hydrogen-bond donors (Lipinski definition) is 0. The minimum atomic E-state index is -1.36. The molecule has 0 aliphatic carbocycles. The number of likely N-dealkylation sites (N-methyl/N-ethyl adjacent to an activating group) is 1. The molecule has 2 amide bonds. The van der Waals surface area contributed by atoms with Crippen molar-refractivity contribution in [2.45, 2.75) is 51.9 Å². The van der Waals surface area contributed by atoms with Crippen molar-refractivity contribution in [3.05, 3.63) is 29.8 Å². The summed E-state index contributed by atoms with van der Waals surface area (Å²) in [7, 11) is 0. The van der Waals surface area contributed by atoms with Crippen LogP contribution in [0.15, 0.2) is 18.2 Å². The molecule has 1 fully saturated rings. The lowest BCUT2D eigenvalue weighted by Crippen LogP contribution is -2.49. The Labute approximate surface area is 150 Å². The van der Waals surface area contributed by atoms with E-state index in [4.69, 9.17) is 4.74 Å². The quantitative estimate of drug-likeness (QED) is 0.814. The molecule has 1 aromatic rings. The third kappa shape index (κ3) is 4.47. The molecule has 2 rings (SSSR count). The lowest BCUT2D eigenvalue weighted by molar-refractivity contribution is -0.122. The second-order valence-electron chi connectivity index (χ2n) is 7.16. The van der Waals surface area contributed by atoms with Crippen molar-refractivity contribution in [3.8, 4) is 0 Å². The monoisotopic (exact) mass is 372 g/mol. The van der Waals surface area contributed by atoms with Gasteiger partial charge in [0.05, 0.1) is 6.54 Å². The number of nitrogens with zero attached hydrogens (tertiary/aromatic N) is 2. The zero-order chi connectivity index (χ0) is 19.6. The molecule has 0 unspecified atom stereocenters. The van der Waals surface area contributed by atoms with Gasteiger partial charge in [0.1, 0.15) is 17.8 Å². The van der Waals surface area contributed by atoms with Gasteiger partial charge in [0, 0.05) is 24.7 Å². The fourth-order valence-electron chi connectivity index (χ4n) is 2.84. The molecule has 0 bridgehead atoms. The number of ether oxygens (including phenoxy) is 1. The maximum absolute atomic E-state index is 13.9. The molecule has 5 nitrogen and oxygen atoms in total. The number of likely N-dealkylation sites (tertiary alicyclic amines) is 1. The van der Waals surface area contributed by atoms with E-state index in [1.54, 1.807) is 27.7 Å². The molecular weight excluding hydrogens is 349 g/mol. The molecule has 0 saturated carbocycles. The molecule has 0 aromatic heterocycles. The van der Waals surface area contributed by atoms with E-state index in [-0.39, 0.29) is 25.2 Å². The Kier molecular flexibility index (Phi) is 5.83. The van der Waals surface area contributed by atoms with Gasteiger partial charge in [0.25, 0.3) is 0 Å². The first-order chi connectivity index (χ1) is 12.0. The highest BCUT2D eigenvalue weighted by atomic mass is 19.2. The van der Waals surface area contributed by atoms with Gasteiger partial charge in [-0.15, -0.1) is 0 Å². The Bertz CT molecular complexity index is 691. The van der Waals surface area contributed by atoms with Crippen LogP contribution in [0.3, 0.4) is 0 Å². The van der Waals surface area contributed by atoms with Gasteiger partial charge in [-0.05, 0) is 39.8 Å². The van der Waals surface area contributed by atoms with E-state index < -0.39 is 41.4 Å². The van der Waals surface area contributed by atoms with E-state index in [0.717, 1.165) is 17.0 Å². The summed E-state index contributed by atoms with van der Waals surface area (Å²) in [6.45, 7) is 6.57. The zero-order valence-electron chi connectivity index (χ0n) is 15.3. The number of carbonyl (C=O) groups excluding carboxylic acids is 2. The number of rotatable bonds is 3. The van der Waals surface area contributed by atoms with Gasteiger partial charge < -0.3 is 9.64 Å². The highest BCUT2D eigenvalue weighted by Crippen LogP contribution is 2.27. The molecule has 0 radical (unpaired) electrons. The molecule has 8 heteroatoms.